The molecule has 1 rings (SSSR count). The maximum atomic E-state index is 11.7. The molecule has 1 saturated carbocycles. The van der Waals surface area contributed by atoms with Gasteiger partial charge in [-0.25, -0.2) is 0 Å². The number of rotatable bonds is 5. The first-order valence-electron chi connectivity index (χ1n) is 6.46. The minimum Gasteiger partial charge on any atom is -0.352 e. The highest BCUT2D eigenvalue weighted by atomic mass is 32.2. The summed E-state index contributed by atoms with van der Waals surface area (Å²) in [6, 6.07) is 0.431. The predicted octanol–water partition coefficient (Wildman–Crippen LogP) is 3.07. The average molecular weight is 243 g/mol. The van der Waals surface area contributed by atoms with Crippen LogP contribution in [0.25, 0.3) is 0 Å². The van der Waals surface area contributed by atoms with E-state index in [9.17, 15) is 4.79 Å². The number of hydrogen-bond donors (Lipinski definition) is 1. The molecule has 0 spiro atoms. The molecule has 94 valence electrons. The first-order chi connectivity index (χ1) is 7.59. The van der Waals surface area contributed by atoms with Crippen molar-refractivity contribution in [2.75, 3.05) is 11.5 Å². The quantitative estimate of drug-likeness (QED) is 0.804. The SMILES string of the molecule is CC(C)CSCC(=O)NC1CCCCC1C. The first-order valence-corrected chi connectivity index (χ1v) is 7.62. The lowest BCUT2D eigenvalue weighted by Gasteiger charge is -2.29. The molecule has 2 atom stereocenters. The van der Waals surface area contributed by atoms with Gasteiger partial charge in [-0.2, -0.15) is 11.8 Å². The molecule has 0 aliphatic heterocycles. The van der Waals surface area contributed by atoms with E-state index in [0.29, 0.717) is 23.6 Å². The molecule has 0 radical (unpaired) electrons. The van der Waals surface area contributed by atoms with Gasteiger partial charge < -0.3 is 5.32 Å². The van der Waals surface area contributed by atoms with E-state index in [0.717, 1.165) is 5.75 Å². The Morgan fingerprint density at radius 3 is 2.69 bits per heavy atom. The van der Waals surface area contributed by atoms with Crippen molar-refractivity contribution in [3.8, 4) is 0 Å². The lowest BCUT2D eigenvalue weighted by Crippen LogP contribution is -2.41. The Morgan fingerprint density at radius 1 is 1.38 bits per heavy atom. The molecule has 0 bridgehead atoms. The van der Waals surface area contributed by atoms with Crippen LogP contribution in [0.15, 0.2) is 0 Å². The monoisotopic (exact) mass is 243 g/mol. The fourth-order valence-corrected chi connectivity index (χ4v) is 3.02. The Bertz CT molecular complexity index is 218. The van der Waals surface area contributed by atoms with E-state index in [1.807, 2.05) is 0 Å². The van der Waals surface area contributed by atoms with Gasteiger partial charge in [0.2, 0.25) is 5.91 Å². The summed E-state index contributed by atoms with van der Waals surface area (Å²) in [7, 11) is 0. The van der Waals surface area contributed by atoms with Gasteiger partial charge in [0, 0.05) is 6.04 Å². The van der Waals surface area contributed by atoms with Crippen LogP contribution in [0.5, 0.6) is 0 Å². The summed E-state index contributed by atoms with van der Waals surface area (Å²) < 4.78 is 0. The highest BCUT2D eigenvalue weighted by molar-refractivity contribution is 7.99. The van der Waals surface area contributed by atoms with Crippen molar-refractivity contribution in [3.05, 3.63) is 0 Å². The number of carbonyl (C=O) groups excluding carboxylic acids is 1. The van der Waals surface area contributed by atoms with Gasteiger partial charge in [0.15, 0.2) is 0 Å². The molecular weight excluding hydrogens is 218 g/mol. The second-order valence-electron chi connectivity index (χ2n) is 5.34. The Balaban J connectivity index is 2.17. The largest absolute Gasteiger partial charge is 0.352 e. The third-order valence-electron chi connectivity index (χ3n) is 3.14. The molecule has 1 amide bonds. The van der Waals surface area contributed by atoms with Crippen LogP contribution < -0.4 is 5.32 Å². The van der Waals surface area contributed by atoms with Crippen LogP contribution in [0, 0.1) is 11.8 Å². The molecule has 0 aromatic heterocycles. The zero-order valence-corrected chi connectivity index (χ0v) is 11.6. The van der Waals surface area contributed by atoms with Crippen LogP contribution in [0.4, 0.5) is 0 Å². The molecule has 0 aromatic carbocycles. The summed E-state index contributed by atoms with van der Waals surface area (Å²) in [5.41, 5.74) is 0. The lowest BCUT2D eigenvalue weighted by molar-refractivity contribution is -0.119. The number of carbonyl (C=O) groups is 1. The van der Waals surface area contributed by atoms with E-state index < -0.39 is 0 Å². The van der Waals surface area contributed by atoms with Gasteiger partial charge in [0.25, 0.3) is 0 Å². The zero-order valence-electron chi connectivity index (χ0n) is 10.8. The first kappa shape index (κ1) is 13.9. The second kappa shape index (κ2) is 7.21. The standard InChI is InChI=1S/C13H25NOS/c1-10(2)8-16-9-13(15)14-12-7-5-4-6-11(12)3/h10-12H,4-9H2,1-3H3,(H,14,15). The molecule has 0 heterocycles. The smallest absolute Gasteiger partial charge is 0.230 e. The summed E-state index contributed by atoms with van der Waals surface area (Å²) in [6.45, 7) is 6.63. The fraction of sp³-hybridized carbons (Fsp3) is 0.923. The third kappa shape index (κ3) is 5.24. The Labute approximate surface area is 104 Å². The molecule has 16 heavy (non-hydrogen) atoms. The molecular formula is C13H25NOS. The van der Waals surface area contributed by atoms with E-state index >= 15 is 0 Å². The molecule has 1 aliphatic carbocycles. The van der Waals surface area contributed by atoms with Crippen molar-refractivity contribution in [2.45, 2.75) is 52.5 Å². The lowest BCUT2D eigenvalue weighted by atomic mass is 9.86. The van der Waals surface area contributed by atoms with Gasteiger partial charge in [-0.1, -0.05) is 33.6 Å². The van der Waals surface area contributed by atoms with Crippen molar-refractivity contribution in [3.63, 3.8) is 0 Å². The molecule has 0 aromatic rings. The molecule has 2 nitrogen and oxygen atoms in total. The summed E-state index contributed by atoms with van der Waals surface area (Å²) in [4.78, 5) is 11.7. The maximum absolute atomic E-state index is 11.7. The van der Waals surface area contributed by atoms with E-state index in [4.69, 9.17) is 0 Å². The Hall–Kier alpha value is -0.180. The normalized spacial score (nSPS) is 25.8. The predicted molar refractivity (Wildman–Crippen MR) is 71.7 cm³/mol. The molecule has 3 heteroatoms. The van der Waals surface area contributed by atoms with Crippen LogP contribution in [-0.4, -0.2) is 23.5 Å². The molecule has 1 N–H and O–H groups in total. The van der Waals surface area contributed by atoms with E-state index in [2.05, 4.69) is 26.1 Å². The summed E-state index contributed by atoms with van der Waals surface area (Å²) in [5.74, 6) is 3.26. The Morgan fingerprint density at radius 2 is 2.06 bits per heavy atom. The third-order valence-corrected chi connectivity index (χ3v) is 4.51. The summed E-state index contributed by atoms with van der Waals surface area (Å²) in [5, 5.41) is 3.18. The number of hydrogen-bond acceptors (Lipinski definition) is 2. The molecule has 0 saturated heterocycles. The summed E-state index contributed by atoms with van der Waals surface area (Å²) >= 11 is 1.75. The topological polar surface area (TPSA) is 29.1 Å². The van der Waals surface area contributed by atoms with Gasteiger partial charge in [0.1, 0.15) is 0 Å². The van der Waals surface area contributed by atoms with Gasteiger partial charge in [-0.05, 0) is 30.4 Å². The van der Waals surface area contributed by atoms with Crippen LogP contribution in [-0.2, 0) is 4.79 Å². The van der Waals surface area contributed by atoms with E-state index in [1.165, 1.54) is 25.7 Å². The highest BCUT2D eigenvalue weighted by Gasteiger charge is 2.22. The molecule has 2 unspecified atom stereocenters. The minimum absolute atomic E-state index is 0.226. The number of thioether (sulfide) groups is 1. The van der Waals surface area contributed by atoms with Crippen LogP contribution in [0.2, 0.25) is 0 Å². The average Bonchev–Trinajstić information content (AvgIpc) is 2.21. The van der Waals surface area contributed by atoms with Gasteiger partial charge in [-0.3, -0.25) is 4.79 Å². The van der Waals surface area contributed by atoms with Crippen LogP contribution in [0.1, 0.15) is 46.5 Å². The number of amides is 1. The number of nitrogens with one attached hydrogen (secondary N) is 1. The van der Waals surface area contributed by atoms with Crippen molar-refractivity contribution < 1.29 is 4.79 Å². The van der Waals surface area contributed by atoms with E-state index in [1.54, 1.807) is 11.8 Å². The second-order valence-corrected chi connectivity index (χ2v) is 6.37. The molecule has 1 aliphatic rings. The van der Waals surface area contributed by atoms with Gasteiger partial charge in [0.05, 0.1) is 5.75 Å². The van der Waals surface area contributed by atoms with E-state index in [-0.39, 0.29) is 5.91 Å². The summed E-state index contributed by atoms with van der Waals surface area (Å²) in [6.07, 6.45) is 5.04. The van der Waals surface area contributed by atoms with Crippen molar-refractivity contribution in [1.82, 2.24) is 5.32 Å². The molecule has 1 fully saturated rings. The van der Waals surface area contributed by atoms with Crippen LogP contribution in [0.3, 0.4) is 0 Å². The highest BCUT2D eigenvalue weighted by Crippen LogP contribution is 2.23. The van der Waals surface area contributed by atoms with Gasteiger partial charge >= 0.3 is 0 Å². The van der Waals surface area contributed by atoms with Crippen LogP contribution >= 0.6 is 11.8 Å². The van der Waals surface area contributed by atoms with Crippen molar-refractivity contribution >= 4 is 17.7 Å². The maximum Gasteiger partial charge on any atom is 0.230 e. The zero-order chi connectivity index (χ0) is 12.0. The minimum atomic E-state index is 0.226. The Kier molecular flexibility index (Phi) is 6.25. The van der Waals surface area contributed by atoms with Gasteiger partial charge in [-0.15, -0.1) is 0 Å². The van der Waals surface area contributed by atoms with Crippen molar-refractivity contribution in [2.24, 2.45) is 11.8 Å². The fourth-order valence-electron chi connectivity index (χ4n) is 2.17. The van der Waals surface area contributed by atoms with Crippen molar-refractivity contribution in [1.29, 1.82) is 0 Å².